The summed E-state index contributed by atoms with van der Waals surface area (Å²) in [5.41, 5.74) is 1.93. The summed E-state index contributed by atoms with van der Waals surface area (Å²) in [6, 6.07) is 12.9. The highest BCUT2D eigenvalue weighted by atomic mass is 16.5. The first-order chi connectivity index (χ1) is 8.22. The molecule has 4 nitrogen and oxygen atoms in total. The van der Waals surface area contributed by atoms with Crippen LogP contribution in [0.5, 0.6) is 5.88 Å². The summed E-state index contributed by atoms with van der Waals surface area (Å²) in [6.07, 6.45) is 0. The van der Waals surface area contributed by atoms with E-state index in [9.17, 15) is 0 Å². The van der Waals surface area contributed by atoms with Crippen molar-refractivity contribution in [1.29, 1.82) is 0 Å². The highest BCUT2D eigenvalue weighted by Crippen LogP contribution is 2.18. The lowest BCUT2D eigenvalue weighted by Crippen LogP contribution is -2.31. The van der Waals surface area contributed by atoms with Crippen LogP contribution in [0.15, 0.2) is 42.5 Å². The number of nitrogens with zero attached hydrogens (tertiary/aromatic N) is 1. The Bertz CT molecular complexity index is 502. The summed E-state index contributed by atoms with van der Waals surface area (Å²) in [7, 11) is -0.134. The molecule has 0 saturated heterocycles. The van der Waals surface area contributed by atoms with Crippen LogP contribution in [0.25, 0.3) is 11.3 Å². The summed E-state index contributed by atoms with van der Waals surface area (Å²) in [4.78, 5) is 4.24. The van der Waals surface area contributed by atoms with E-state index in [-0.39, 0.29) is 11.3 Å². The Balaban J connectivity index is 2.45. The predicted octanol–water partition coefficient (Wildman–Crippen LogP) is 0.437. The van der Waals surface area contributed by atoms with Gasteiger partial charge in [-0.25, -0.2) is 4.98 Å². The van der Waals surface area contributed by atoms with Gasteiger partial charge in [-0.3, -0.25) is 0 Å². The number of hydrogen-bond donors (Lipinski definition) is 2. The van der Waals surface area contributed by atoms with E-state index in [0.29, 0.717) is 0 Å². The summed E-state index contributed by atoms with van der Waals surface area (Å²) in [6.45, 7) is 0. The van der Waals surface area contributed by atoms with Crippen LogP contribution in [0.2, 0.25) is 0 Å². The van der Waals surface area contributed by atoms with Gasteiger partial charge < -0.3 is 14.8 Å². The van der Waals surface area contributed by atoms with Gasteiger partial charge in [0.2, 0.25) is 5.88 Å². The second kappa shape index (κ2) is 4.99. The van der Waals surface area contributed by atoms with E-state index < -0.39 is 7.12 Å². The van der Waals surface area contributed by atoms with Crippen molar-refractivity contribution in [2.24, 2.45) is 0 Å². The van der Waals surface area contributed by atoms with Crippen LogP contribution in [0.4, 0.5) is 0 Å². The molecule has 5 heteroatoms. The average molecular weight is 229 g/mol. The van der Waals surface area contributed by atoms with Gasteiger partial charge in [-0.15, -0.1) is 0 Å². The maximum Gasteiger partial charge on any atom is 0.494 e. The first kappa shape index (κ1) is 11.6. The zero-order chi connectivity index (χ0) is 12.3. The summed E-state index contributed by atoms with van der Waals surface area (Å²) < 4.78 is 5.04. The van der Waals surface area contributed by atoms with Crippen molar-refractivity contribution in [3.05, 3.63) is 42.5 Å². The fourth-order valence-corrected chi connectivity index (χ4v) is 1.58. The Hall–Kier alpha value is -1.85. The van der Waals surface area contributed by atoms with Gasteiger partial charge in [0, 0.05) is 11.0 Å². The largest absolute Gasteiger partial charge is 0.494 e. The van der Waals surface area contributed by atoms with Gasteiger partial charge in [0.25, 0.3) is 0 Å². The highest BCUT2D eigenvalue weighted by Gasteiger charge is 2.18. The Labute approximate surface area is 99.7 Å². The molecule has 0 fully saturated rings. The van der Waals surface area contributed by atoms with Crippen molar-refractivity contribution in [2.75, 3.05) is 7.11 Å². The van der Waals surface area contributed by atoms with Crippen LogP contribution in [0.3, 0.4) is 0 Å². The molecule has 17 heavy (non-hydrogen) atoms. The van der Waals surface area contributed by atoms with Gasteiger partial charge in [0.05, 0.1) is 12.8 Å². The summed E-state index contributed by atoms with van der Waals surface area (Å²) in [5, 5.41) is 18.3. The number of pyridine rings is 1. The van der Waals surface area contributed by atoms with Gasteiger partial charge in [-0.2, -0.15) is 0 Å². The van der Waals surface area contributed by atoms with E-state index in [2.05, 4.69) is 4.98 Å². The number of hydrogen-bond acceptors (Lipinski definition) is 4. The number of methoxy groups -OCH3 is 1. The van der Waals surface area contributed by atoms with Crippen molar-refractivity contribution in [3.8, 4) is 17.1 Å². The standard InChI is InChI=1S/C12H12BNO3/c1-17-12-10(13(15)16)7-8-11(14-12)9-5-3-2-4-6-9/h2-8,15-16H,1H3. The molecule has 0 aliphatic carbocycles. The average Bonchev–Trinajstić information content (AvgIpc) is 2.39. The predicted molar refractivity (Wildman–Crippen MR) is 66.1 cm³/mol. The van der Waals surface area contributed by atoms with Crippen LogP contribution in [0, 0.1) is 0 Å². The van der Waals surface area contributed by atoms with E-state index in [1.165, 1.54) is 7.11 Å². The number of aromatic nitrogens is 1. The highest BCUT2D eigenvalue weighted by molar-refractivity contribution is 6.59. The SMILES string of the molecule is COc1nc(-c2ccccc2)ccc1B(O)O. The lowest BCUT2D eigenvalue weighted by atomic mass is 9.81. The third-order valence-corrected chi connectivity index (χ3v) is 2.43. The van der Waals surface area contributed by atoms with Gasteiger partial charge in [-0.05, 0) is 6.07 Å². The van der Waals surface area contributed by atoms with Gasteiger partial charge in [-0.1, -0.05) is 36.4 Å². The van der Waals surface area contributed by atoms with Gasteiger partial charge in [0.15, 0.2) is 0 Å². The smallest absolute Gasteiger partial charge is 0.481 e. The molecule has 0 saturated carbocycles. The minimum Gasteiger partial charge on any atom is -0.481 e. The molecule has 2 rings (SSSR count). The zero-order valence-electron chi connectivity index (χ0n) is 9.37. The number of rotatable bonds is 3. The van der Waals surface area contributed by atoms with Gasteiger partial charge in [0.1, 0.15) is 0 Å². The molecule has 1 aromatic carbocycles. The first-order valence-electron chi connectivity index (χ1n) is 5.19. The molecule has 0 aliphatic heterocycles. The van der Waals surface area contributed by atoms with Crippen LogP contribution >= 0.6 is 0 Å². The monoisotopic (exact) mass is 229 g/mol. The van der Waals surface area contributed by atoms with Crippen LogP contribution in [-0.4, -0.2) is 29.3 Å². The molecule has 0 bridgehead atoms. The lowest BCUT2D eigenvalue weighted by molar-refractivity contribution is 0.391. The van der Waals surface area contributed by atoms with E-state index in [1.807, 2.05) is 30.3 Å². The Morgan fingerprint density at radius 3 is 2.35 bits per heavy atom. The van der Waals surface area contributed by atoms with Crippen molar-refractivity contribution in [2.45, 2.75) is 0 Å². The van der Waals surface area contributed by atoms with Crippen molar-refractivity contribution in [1.82, 2.24) is 4.98 Å². The van der Waals surface area contributed by atoms with E-state index in [1.54, 1.807) is 12.1 Å². The third kappa shape index (κ3) is 2.46. The summed E-state index contributed by atoms with van der Waals surface area (Å²) >= 11 is 0. The molecule has 86 valence electrons. The summed E-state index contributed by atoms with van der Waals surface area (Å²) in [5.74, 6) is 0.223. The molecule has 0 unspecified atom stereocenters. The zero-order valence-corrected chi connectivity index (χ0v) is 9.37. The molecule has 0 aliphatic rings. The minimum absolute atomic E-state index is 0.223. The molecule has 2 N–H and O–H groups in total. The van der Waals surface area contributed by atoms with E-state index in [0.717, 1.165) is 11.3 Å². The molecular formula is C12H12BNO3. The molecule has 2 aromatic rings. The first-order valence-corrected chi connectivity index (χ1v) is 5.19. The second-order valence-corrected chi connectivity index (χ2v) is 3.53. The fraction of sp³-hybridized carbons (Fsp3) is 0.0833. The lowest BCUT2D eigenvalue weighted by Gasteiger charge is -2.08. The van der Waals surface area contributed by atoms with E-state index in [4.69, 9.17) is 14.8 Å². The third-order valence-electron chi connectivity index (χ3n) is 2.43. The van der Waals surface area contributed by atoms with Crippen LogP contribution < -0.4 is 10.2 Å². The molecular weight excluding hydrogens is 217 g/mol. The maximum atomic E-state index is 9.13. The fourth-order valence-electron chi connectivity index (χ4n) is 1.58. The van der Waals surface area contributed by atoms with Crippen molar-refractivity contribution in [3.63, 3.8) is 0 Å². The topological polar surface area (TPSA) is 62.6 Å². The molecule has 1 heterocycles. The quantitative estimate of drug-likeness (QED) is 0.749. The molecule has 0 spiro atoms. The number of ether oxygens (including phenoxy) is 1. The van der Waals surface area contributed by atoms with Crippen LogP contribution in [-0.2, 0) is 0 Å². The van der Waals surface area contributed by atoms with E-state index >= 15 is 0 Å². The normalized spacial score (nSPS) is 10.1. The van der Waals surface area contributed by atoms with Crippen molar-refractivity contribution >= 4 is 12.6 Å². The Morgan fingerprint density at radius 1 is 1.06 bits per heavy atom. The van der Waals surface area contributed by atoms with Crippen molar-refractivity contribution < 1.29 is 14.8 Å². The molecule has 0 radical (unpaired) electrons. The van der Waals surface area contributed by atoms with Gasteiger partial charge >= 0.3 is 7.12 Å². The number of benzene rings is 1. The Kier molecular flexibility index (Phi) is 3.42. The second-order valence-electron chi connectivity index (χ2n) is 3.53. The molecule has 0 amide bonds. The Morgan fingerprint density at radius 2 is 1.76 bits per heavy atom. The maximum absolute atomic E-state index is 9.13. The molecule has 0 atom stereocenters. The molecule has 1 aromatic heterocycles. The van der Waals surface area contributed by atoms with Crippen LogP contribution in [0.1, 0.15) is 0 Å². The minimum atomic E-state index is -1.58.